The van der Waals surface area contributed by atoms with Crippen molar-refractivity contribution < 1.29 is 8.42 Å². The molecule has 0 saturated heterocycles. The third-order valence-corrected chi connectivity index (χ3v) is 3.09. The second kappa shape index (κ2) is 3.03. The molecule has 0 amide bonds. The molecule has 1 heterocycles. The van der Waals surface area contributed by atoms with Crippen molar-refractivity contribution in [1.82, 2.24) is 4.98 Å². The maximum absolute atomic E-state index is 11.0. The zero-order valence-electron chi connectivity index (χ0n) is 6.70. The van der Waals surface area contributed by atoms with Crippen molar-refractivity contribution >= 4 is 19.7 Å². The molecule has 0 aliphatic rings. The van der Waals surface area contributed by atoms with Gasteiger partial charge >= 0.3 is 0 Å². The summed E-state index contributed by atoms with van der Waals surface area (Å²) in [6.07, 6.45) is 2.95. The monoisotopic (exact) mass is 205 g/mol. The average Bonchev–Trinajstić information content (AvgIpc) is 1.82. The van der Waals surface area contributed by atoms with E-state index in [1.54, 1.807) is 13.8 Å². The normalized spacial score (nSPS) is 11.6. The van der Waals surface area contributed by atoms with Gasteiger partial charge in [0, 0.05) is 23.1 Å². The summed E-state index contributed by atoms with van der Waals surface area (Å²) in [5.74, 6) is 0. The van der Waals surface area contributed by atoms with Gasteiger partial charge in [0.2, 0.25) is 0 Å². The molecular formula is C7H8ClNO2S. The Morgan fingerprint density at radius 1 is 1.25 bits per heavy atom. The fraction of sp³-hybridized carbons (Fsp3) is 0.286. The summed E-state index contributed by atoms with van der Waals surface area (Å²) >= 11 is 0. The summed E-state index contributed by atoms with van der Waals surface area (Å²) in [7, 11) is 1.58. The van der Waals surface area contributed by atoms with Gasteiger partial charge in [-0.3, -0.25) is 4.98 Å². The molecule has 3 nitrogen and oxygen atoms in total. The molecule has 1 aromatic rings. The highest BCUT2D eigenvalue weighted by molar-refractivity contribution is 8.13. The first kappa shape index (κ1) is 9.48. The van der Waals surface area contributed by atoms with Gasteiger partial charge in [0.15, 0.2) is 0 Å². The molecule has 0 unspecified atom stereocenters. The van der Waals surface area contributed by atoms with Crippen LogP contribution in [0.25, 0.3) is 0 Å². The number of halogens is 1. The molecule has 66 valence electrons. The van der Waals surface area contributed by atoms with Gasteiger partial charge in [0.1, 0.15) is 0 Å². The van der Waals surface area contributed by atoms with Crippen LogP contribution in [-0.2, 0) is 9.05 Å². The number of pyridine rings is 1. The average molecular weight is 206 g/mol. The highest BCUT2D eigenvalue weighted by Crippen LogP contribution is 2.21. The van der Waals surface area contributed by atoms with Crippen LogP contribution in [0.15, 0.2) is 17.3 Å². The second-order valence-electron chi connectivity index (χ2n) is 2.54. The van der Waals surface area contributed by atoms with Gasteiger partial charge in [0.25, 0.3) is 9.05 Å². The first-order valence-corrected chi connectivity index (χ1v) is 5.59. The van der Waals surface area contributed by atoms with Crippen molar-refractivity contribution in [2.75, 3.05) is 0 Å². The van der Waals surface area contributed by atoms with Gasteiger partial charge in [-0.2, -0.15) is 0 Å². The Hall–Kier alpha value is -0.610. The first-order chi connectivity index (χ1) is 5.43. The number of rotatable bonds is 1. The molecule has 0 fully saturated rings. The maximum atomic E-state index is 11.0. The van der Waals surface area contributed by atoms with Crippen LogP contribution in [0.3, 0.4) is 0 Å². The summed E-state index contributed by atoms with van der Waals surface area (Å²) in [6, 6.07) is 0. The van der Waals surface area contributed by atoms with Gasteiger partial charge in [-0.05, 0) is 25.0 Å². The summed E-state index contributed by atoms with van der Waals surface area (Å²) in [5, 5.41) is 0. The van der Waals surface area contributed by atoms with Crippen molar-refractivity contribution in [3.05, 3.63) is 23.5 Å². The summed E-state index contributed by atoms with van der Waals surface area (Å²) in [6.45, 7) is 3.32. The number of hydrogen-bond donors (Lipinski definition) is 0. The lowest BCUT2D eigenvalue weighted by Crippen LogP contribution is -1.98. The van der Waals surface area contributed by atoms with Gasteiger partial charge in [0.05, 0.1) is 4.90 Å². The molecule has 1 aromatic heterocycles. The molecule has 0 aliphatic carbocycles. The molecule has 0 spiro atoms. The summed E-state index contributed by atoms with van der Waals surface area (Å²) < 4.78 is 22.0. The van der Waals surface area contributed by atoms with E-state index in [0.29, 0.717) is 11.1 Å². The highest BCUT2D eigenvalue weighted by atomic mass is 35.7. The fourth-order valence-corrected chi connectivity index (χ4v) is 2.68. The van der Waals surface area contributed by atoms with Crippen molar-refractivity contribution in [2.45, 2.75) is 18.7 Å². The van der Waals surface area contributed by atoms with Crippen LogP contribution in [0.1, 0.15) is 11.1 Å². The van der Waals surface area contributed by atoms with E-state index in [1.165, 1.54) is 12.4 Å². The van der Waals surface area contributed by atoms with Crippen LogP contribution in [0, 0.1) is 13.8 Å². The smallest absolute Gasteiger partial charge is 0.261 e. The van der Waals surface area contributed by atoms with E-state index in [4.69, 9.17) is 10.7 Å². The van der Waals surface area contributed by atoms with Crippen LogP contribution in [0.2, 0.25) is 0 Å². The van der Waals surface area contributed by atoms with E-state index in [0.717, 1.165) is 0 Å². The predicted octanol–water partition coefficient (Wildman–Crippen LogP) is 1.63. The zero-order chi connectivity index (χ0) is 9.35. The molecule has 12 heavy (non-hydrogen) atoms. The number of nitrogens with zero attached hydrogens (tertiary/aromatic N) is 1. The van der Waals surface area contributed by atoms with Crippen molar-refractivity contribution in [3.8, 4) is 0 Å². The Labute approximate surface area is 75.8 Å². The van der Waals surface area contributed by atoms with Gasteiger partial charge in [-0.15, -0.1) is 0 Å². The number of aryl methyl sites for hydroxylation is 2. The number of aromatic nitrogens is 1. The van der Waals surface area contributed by atoms with E-state index in [2.05, 4.69) is 4.98 Å². The Kier molecular flexibility index (Phi) is 2.39. The van der Waals surface area contributed by atoms with Gasteiger partial charge in [-0.25, -0.2) is 8.42 Å². The maximum Gasteiger partial charge on any atom is 0.261 e. The minimum atomic E-state index is -3.63. The molecule has 0 atom stereocenters. The van der Waals surface area contributed by atoms with Crippen LogP contribution in [-0.4, -0.2) is 13.4 Å². The Morgan fingerprint density at radius 3 is 1.92 bits per heavy atom. The van der Waals surface area contributed by atoms with Gasteiger partial charge in [-0.1, -0.05) is 0 Å². The minimum absolute atomic E-state index is 0.166. The molecule has 5 heteroatoms. The summed E-state index contributed by atoms with van der Waals surface area (Å²) in [5.41, 5.74) is 1.15. The third kappa shape index (κ3) is 1.76. The molecule has 0 saturated carbocycles. The first-order valence-electron chi connectivity index (χ1n) is 3.29. The van der Waals surface area contributed by atoms with Gasteiger partial charge < -0.3 is 0 Å². The second-order valence-corrected chi connectivity index (χ2v) is 5.04. The fourth-order valence-electron chi connectivity index (χ4n) is 1.07. The molecule has 1 rings (SSSR count). The predicted molar refractivity (Wildman–Crippen MR) is 46.7 cm³/mol. The van der Waals surface area contributed by atoms with E-state index < -0.39 is 9.05 Å². The molecule has 0 aliphatic heterocycles. The summed E-state index contributed by atoms with van der Waals surface area (Å²) in [4.78, 5) is 4.00. The quantitative estimate of drug-likeness (QED) is 0.655. The van der Waals surface area contributed by atoms with Crippen molar-refractivity contribution in [2.24, 2.45) is 0 Å². The Bertz CT molecular complexity index is 380. The number of hydrogen-bond acceptors (Lipinski definition) is 3. The van der Waals surface area contributed by atoms with Crippen molar-refractivity contribution in [1.29, 1.82) is 0 Å². The van der Waals surface area contributed by atoms with E-state index in [9.17, 15) is 8.42 Å². The molecule has 0 radical (unpaired) electrons. The van der Waals surface area contributed by atoms with E-state index >= 15 is 0 Å². The molecule has 0 aromatic carbocycles. The SMILES string of the molecule is Cc1cncc(C)c1S(=O)(=O)Cl. The Morgan fingerprint density at radius 2 is 1.67 bits per heavy atom. The largest absolute Gasteiger partial charge is 0.264 e. The van der Waals surface area contributed by atoms with E-state index in [1.807, 2.05) is 0 Å². The standard InChI is InChI=1S/C7H8ClNO2S/c1-5-3-9-4-6(2)7(5)12(8,10)11/h3-4H,1-2H3. The lowest BCUT2D eigenvalue weighted by Gasteiger charge is -2.03. The van der Waals surface area contributed by atoms with Crippen LogP contribution in [0.4, 0.5) is 0 Å². The molecule has 0 bridgehead atoms. The minimum Gasteiger partial charge on any atom is -0.264 e. The van der Waals surface area contributed by atoms with E-state index in [-0.39, 0.29) is 4.90 Å². The highest BCUT2D eigenvalue weighted by Gasteiger charge is 2.15. The van der Waals surface area contributed by atoms with Crippen molar-refractivity contribution in [3.63, 3.8) is 0 Å². The lowest BCUT2D eigenvalue weighted by molar-refractivity contribution is 0.608. The van der Waals surface area contributed by atoms with Crippen LogP contribution < -0.4 is 0 Å². The zero-order valence-corrected chi connectivity index (χ0v) is 8.28. The molecule has 0 N–H and O–H groups in total. The third-order valence-electron chi connectivity index (χ3n) is 1.50. The van der Waals surface area contributed by atoms with Crippen LogP contribution >= 0.6 is 10.7 Å². The Balaban J connectivity index is 3.53. The molecular weight excluding hydrogens is 198 g/mol. The van der Waals surface area contributed by atoms with Crippen LogP contribution in [0.5, 0.6) is 0 Å². The lowest BCUT2D eigenvalue weighted by atomic mass is 10.2. The topological polar surface area (TPSA) is 47.0 Å².